The molecule has 0 aromatic heterocycles. The molecule has 0 saturated carbocycles. The molecule has 1 N–H and O–H groups in total. The number of ether oxygens (including phenoxy) is 1. The summed E-state index contributed by atoms with van der Waals surface area (Å²) in [5, 5.41) is 2.73. The third-order valence-corrected chi connectivity index (χ3v) is 4.07. The predicted molar refractivity (Wildman–Crippen MR) is 81.2 cm³/mol. The SMILES string of the molecule is O=C1CN(C(=O)CN2CCOC(c3ccccc3)C2)CCN1. The second-order valence-electron chi connectivity index (χ2n) is 5.67. The van der Waals surface area contributed by atoms with Gasteiger partial charge in [0.15, 0.2) is 0 Å². The van der Waals surface area contributed by atoms with E-state index in [0.717, 1.165) is 12.1 Å². The van der Waals surface area contributed by atoms with Crippen molar-refractivity contribution in [3.8, 4) is 0 Å². The minimum Gasteiger partial charge on any atom is -0.371 e. The number of hydrogen-bond acceptors (Lipinski definition) is 4. The van der Waals surface area contributed by atoms with Gasteiger partial charge in [0.2, 0.25) is 11.8 Å². The highest BCUT2D eigenvalue weighted by molar-refractivity contribution is 5.86. The third-order valence-electron chi connectivity index (χ3n) is 4.07. The Bertz CT molecular complexity index is 535. The van der Waals surface area contributed by atoms with Gasteiger partial charge in [0.25, 0.3) is 0 Å². The summed E-state index contributed by atoms with van der Waals surface area (Å²) in [5.74, 6) is -0.0627. The smallest absolute Gasteiger partial charge is 0.239 e. The van der Waals surface area contributed by atoms with E-state index in [4.69, 9.17) is 4.74 Å². The number of rotatable bonds is 3. The van der Waals surface area contributed by atoms with Gasteiger partial charge in [0, 0.05) is 26.2 Å². The molecule has 3 rings (SSSR count). The monoisotopic (exact) mass is 303 g/mol. The maximum Gasteiger partial charge on any atom is 0.239 e. The van der Waals surface area contributed by atoms with Crippen LogP contribution in [0.1, 0.15) is 11.7 Å². The highest BCUT2D eigenvalue weighted by atomic mass is 16.5. The number of hydrogen-bond donors (Lipinski definition) is 1. The zero-order chi connectivity index (χ0) is 15.4. The van der Waals surface area contributed by atoms with Gasteiger partial charge in [-0.25, -0.2) is 0 Å². The van der Waals surface area contributed by atoms with Gasteiger partial charge in [-0.05, 0) is 5.56 Å². The molecular formula is C16H21N3O3. The van der Waals surface area contributed by atoms with E-state index in [1.54, 1.807) is 4.90 Å². The third kappa shape index (κ3) is 3.64. The van der Waals surface area contributed by atoms with Crippen molar-refractivity contribution in [1.29, 1.82) is 0 Å². The predicted octanol–water partition coefficient (Wildman–Crippen LogP) is 0.0183. The van der Waals surface area contributed by atoms with Crippen LogP contribution < -0.4 is 5.32 Å². The van der Waals surface area contributed by atoms with E-state index in [0.29, 0.717) is 32.8 Å². The van der Waals surface area contributed by atoms with E-state index in [1.165, 1.54) is 0 Å². The lowest BCUT2D eigenvalue weighted by Gasteiger charge is -2.34. The van der Waals surface area contributed by atoms with Crippen molar-refractivity contribution in [3.63, 3.8) is 0 Å². The maximum absolute atomic E-state index is 12.3. The van der Waals surface area contributed by atoms with E-state index in [1.807, 2.05) is 30.3 Å². The summed E-state index contributed by atoms with van der Waals surface area (Å²) in [6, 6.07) is 10.1. The lowest BCUT2D eigenvalue weighted by Crippen LogP contribution is -2.53. The summed E-state index contributed by atoms with van der Waals surface area (Å²) in [7, 11) is 0. The van der Waals surface area contributed by atoms with Crippen LogP contribution in [0.15, 0.2) is 30.3 Å². The molecule has 2 saturated heterocycles. The molecule has 6 nitrogen and oxygen atoms in total. The van der Waals surface area contributed by atoms with Gasteiger partial charge >= 0.3 is 0 Å². The fourth-order valence-corrected chi connectivity index (χ4v) is 2.86. The molecule has 0 aliphatic carbocycles. The Kier molecular flexibility index (Phi) is 4.70. The molecule has 2 heterocycles. The van der Waals surface area contributed by atoms with Crippen LogP contribution in [0.4, 0.5) is 0 Å². The fourth-order valence-electron chi connectivity index (χ4n) is 2.86. The fraction of sp³-hybridized carbons (Fsp3) is 0.500. The number of nitrogens with one attached hydrogen (secondary N) is 1. The topological polar surface area (TPSA) is 61.9 Å². The number of piperazine rings is 1. The molecule has 2 aliphatic rings. The van der Waals surface area contributed by atoms with Crippen LogP contribution in [0.25, 0.3) is 0 Å². The molecule has 2 amide bonds. The van der Waals surface area contributed by atoms with Gasteiger partial charge in [-0.1, -0.05) is 30.3 Å². The Morgan fingerprint density at radius 1 is 1.27 bits per heavy atom. The van der Waals surface area contributed by atoms with Crippen LogP contribution in [0.3, 0.4) is 0 Å². The van der Waals surface area contributed by atoms with Crippen molar-refractivity contribution >= 4 is 11.8 Å². The first-order valence-corrected chi connectivity index (χ1v) is 7.66. The molecule has 1 aromatic rings. The van der Waals surface area contributed by atoms with Gasteiger partial charge in [-0.2, -0.15) is 0 Å². The Balaban J connectivity index is 1.56. The Morgan fingerprint density at radius 3 is 2.86 bits per heavy atom. The molecule has 2 aliphatic heterocycles. The van der Waals surface area contributed by atoms with Crippen LogP contribution in [-0.2, 0) is 14.3 Å². The van der Waals surface area contributed by atoms with Gasteiger partial charge in [-0.3, -0.25) is 14.5 Å². The number of carbonyl (C=O) groups is 2. The van der Waals surface area contributed by atoms with Crippen molar-refractivity contribution in [3.05, 3.63) is 35.9 Å². The number of benzene rings is 1. The van der Waals surface area contributed by atoms with Crippen molar-refractivity contribution in [1.82, 2.24) is 15.1 Å². The number of morpholine rings is 1. The van der Waals surface area contributed by atoms with E-state index in [-0.39, 0.29) is 24.5 Å². The summed E-state index contributed by atoms with van der Waals surface area (Å²) in [4.78, 5) is 27.4. The summed E-state index contributed by atoms with van der Waals surface area (Å²) < 4.78 is 5.81. The number of amides is 2. The average molecular weight is 303 g/mol. The van der Waals surface area contributed by atoms with Crippen LogP contribution in [0.5, 0.6) is 0 Å². The van der Waals surface area contributed by atoms with Crippen molar-refractivity contribution in [2.45, 2.75) is 6.10 Å². The Labute approximate surface area is 130 Å². The van der Waals surface area contributed by atoms with Crippen LogP contribution >= 0.6 is 0 Å². The lowest BCUT2D eigenvalue weighted by atomic mass is 10.1. The van der Waals surface area contributed by atoms with Crippen molar-refractivity contribution in [2.75, 3.05) is 45.9 Å². The molecule has 0 radical (unpaired) electrons. The van der Waals surface area contributed by atoms with E-state index >= 15 is 0 Å². The lowest BCUT2D eigenvalue weighted by molar-refractivity contribution is -0.140. The zero-order valence-electron chi connectivity index (χ0n) is 12.5. The van der Waals surface area contributed by atoms with E-state index in [2.05, 4.69) is 10.2 Å². The molecular weight excluding hydrogens is 282 g/mol. The summed E-state index contributed by atoms with van der Waals surface area (Å²) >= 11 is 0. The molecule has 22 heavy (non-hydrogen) atoms. The van der Waals surface area contributed by atoms with Gasteiger partial charge < -0.3 is 15.0 Å². The van der Waals surface area contributed by atoms with E-state index < -0.39 is 0 Å². The Morgan fingerprint density at radius 2 is 2.09 bits per heavy atom. The Hall–Kier alpha value is -1.92. The molecule has 0 bridgehead atoms. The molecule has 1 atom stereocenters. The first kappa shape index (κ1) is 15.0. The molecule has 6 heteroatoms. The van der Waals surface area contributed by atoms with Crippen molar-refractivity contribution < 1.29 is 14.3 Å². The summed E-state index contributed by atoms with van der Waals surface area (Å²) in [6.45, 7) is 3.72. The second kappa shape index (κ2) is 6.89. The van der Waals surface area contributed by atoms with Gasteiger partial charge in [0.1, 0.15) is 0 Å². The van der Waals surface area contributed by atoms with Crippen LogP contribution in [-0.4, -0.2) is 67.5 Å². The first-order valence-electron chi connectivity index (χ1n) is 7.66. The maximum atomic E-state index is 12.3. The first-order chi connectivity index (χ1) is 10.7. The van der Waals surface area contributed by atoms with Crippen LogP contribution in [0, 0.1) is 0 Å². The second-order valence-corrected chi connectivity index (χ2v) is 5.67. The van der Waals surface area contributed by atoms with Gasteiger partial charge in [-0.15, -0.1) is 0 Å². The molecule has 118 valence electrons. The zero-order valence-corrected chi connectivity index (χ0v) is 12.5. The molecule has 0 spiro atoms. The van der Waals surface area contributed by atoms with Gasteiger partial charge in [0.05, 0.1) is 25.8 Å². The standard InChI is InChI=1S/C16H21N3O3/c20-15-11-19(7-6-17-15)16(21)12-18-8-9-22-14(10-18)13-4-2-1-3-5-13/h1-5,14H,6-12H2,(H,17,20). The minimum absolute atomic E-state index is 0.00686. The molecule has 1 aromatic carbocycles. The molecule has 1 unspecified atom stereocenters. The quantitative estimate of drug-likeness (QED) is 0.855. The normalized spacial score (nSPS) is 23.2. The minimum atomic E-state index is -0.0799. The highest BCUT2D eigenvalue weighted by Gasteiger charge is 2.27. The number of nitrogens with zero attached hydrogens (tertiary/aromatic N) is 2. The molecule has 2 fully saturated rings. The summed E-state index contributed by atoms with van der Waals surface area (Å²) in [5.41, 5.74) is 1.14. The highest BCUT2D eigenvalue weighted by Crippen LogP contribution is 2.21. The number of carbonyl (C=O) groups excluding carboxylic acids is 2. The van der Waals surface area contributed by atoms with Crippen LogP contribution in [0.2, 0.25) is 0 Å². The average Bonchev–Trinajstić information content (AvgIpc) is 2.56. The van der Waals surface area contributed by atoms with E-state index in [9.17, 15) is 9.59 Å². The summed E-state index contributed by atoms with van der Waals surface area (Å²) in [6.07, 6.45) is 0.00686. The van der Waals surface area contributed by atoms with Crippen molar-refractivity contribution in [2.24, 2.45) is 0 Å². The largest absolute Gasteiger partial charge is 0.371 e.